The van der Waals surface area contributed by atoms with Crippen LogP contribution in [0.5, 0.6) is 0 Å². The minimum absolute atomic E-state index is 0.0275. The lowest BCUT2D eigenvalue weighted by Crippen LogP contribution is -2.03. The van der Waals surface area contributed by atoms with E-state index >= 15 is 0 Å². The fourth-order valence-corrected chi connectivity index (χ4v) is 1.63. The largest absolute Gasteiger partial charge is 0.321 e. The zero-order valence-corrected chi connectivity index (χ0v) is 8.21. The van der Waals surface area contributed by atoms with Gasteiger partial charge in [0.05, 0.1) is 0 Å². The molecule has 14 heavy (non-hydrogen) atoms. The Morgan fingerprint density at radius 1 is 1.36 bits per heavy atom. The Morgan fingerprint density at radius 3 is 2.93 bits per heavy atom. The van der Waals surface area contributed by atoms with Crippen LogP contribution in [-0.4, -0.2) is 5.91 Å². The van der Waals surface area contributed by atoms with Crippen molar-refractivity contribution in [2.24, 2.45) is 0 Å². The molecule has 1 amide bonds. The summed E-state index contributed by atoms with van der Waals surface area (Å²) in [5, 5.41) is 2.85. The first-order chi connectivity index (χ1) is 6.83. The minimum atomic E-state index is 0.0275. The molecule has 2 heteroatoms. The number of hydrogen-bond acceptors (Lipinski definition) is 1. The van der Waals surface area contributed by atoms with Crippen LogP contribution in [0.4, 0.5) is 5.69 Å². The molecule has 0 radical (unpaired) electrons. The van der Waals surface area contributed by atoms with Gasteiger partial charge < -0.3 is 5.32 Å². The number of benzene rings is 1. The van der Waals surface area contributed by atoms with E-state index in [1.807, 2.05) is 30.3 Å². The van der Waals surface area contributed by atoms with Crippen molar-refractivity contribution >= 4 is 17.2 Å². The van der Waals surface area contributed by atoms with E-state index in [-0.39, 0.29) is 5.91 Å². The molecule has 0 atom stereocenters. The summed E-state index contributed by atoms with van der Waals surface area (Å²) < 4.78 is 0. The van der Waals surface area contributed by atoms with Gasteiger partial charge in [0.1, 0.15) is 0 Å². The van der Waals surface area contributed by atoms with Gasteiger partial charge >= 0.3 is 0 Å². The number of rotatable bonds is 2. The van der Waals surface area contributed by atoms with Crippen molar-refractivity contribution in [1.29, 1.82) is 0 Å². The van der Waals surface area contributed by atoms with Crippen molar-refractivity contribution in [3.63, 3.8) is 0 Å². The molecular weight excluding hydrogens is 174 g/mol. The molecule has 1 aliphatic rings. The van der Waals surface area contributed by atoms with Crippen molar-refractivity contribution in [1.82, 2.24) is 0 Å². The Kier molecular flexibility index (Phi) is 2.35. The fraction of sp³-hybridized carbons (Fsp3) is 0.250. The summed E-state index contributed by atoms with van der Waals surface area (Å²) in [7, 11) is 0. The number of unbranched alkanes of at least 4 members (excludes halogenated alkanes) is 1. The van der Waals surface area contributed by atoms with Gasteiger partial charge in [0, 0.05) is 16.8 Å². The minimum Gasteiger partial charge on any atom is -0.321 e. The topological polar surface area (TPSA) is 29.1 Å². The standard InChI is InChI=1S/C12H13NO/c1-2-3-6-10-9-7-4-5-8-11(9)13-12(10)14/h4-8H,2-3H2,1H3,(H,13,14)/b10-6+. The number of carbonyl (C=O) groups excluding carboxylic acids is 1. The SMILES string of the molecule is CCC/C=C1/C(=O)Nc2ccccc21. The number of nitrogens with one attached hydrogen (secondary N) is 1. The first kappa shape index (κ1) is 9.00. The Labute approximate surface area is 83.6 Å². The van der Waals surface area contributed by atoms with E-state index in [1.54, 1.807) is 0 Å². The molecule has 0 aliphatic carbocycles. The van der Waals surface area contributed by atoms with E-state index in [0.717, 1.165) is 29.7 Å². The van der Waals surface area contributed by atoms with Crippen LogP contribution < -0.4 is 5.32 Å². The third-order valence-electron chi connectivity index (χ3n) is 2.35. The maximum Gasteiger partial charge on any atom is 0.256 e. The molecule has 0 spiro atoms. The van der Waals surface area contributed by atoms with Gasteiger partial charge in [0.2, 0.25) is 0 Å². The Balaban J connectivity index is 2.39. The summed E-state index contributed by atoms with van der Waals surface area (Å²) in [6.07, 6.45) is 4.04. The lowest BCUT2D eigenvalue weighted by Gasteiger charge is -1.95. The average Bonchev–Trinajstić information content (AvgIpc) is 2.51. The molecular formula is C12H13NO. The van der Waals surface area contributed by atoms with Gasteiger partial charge in [-0.1, -0.05) is 37.6 Å². The second kappa shape index (κ2) is 3.66. The van der Waals surface area contributed by atoms with Gasteiger partial charge in [-0.2, -0.15) is 0 Å². The van der Waals surface area contributed by atoms with Crippen molar-refractivity contribution in [3.05, 3.63) is 35.9 Å². The molecule has 0 saturated heterocycles. The van der Waals surface area contributed by atoms with Crippen LogP contribution in [0, 0.1) is 0 Å². The van der Waals surface area contributed by atoms with E-state index in [4.69, 9.17) is 0 Å². The zero-order valence-electron chi connectivity index (χ0n) is 8.21. The van der Waals surface area contributed by atoms with Crippen LogP contribution in [-0.2, 0) is 4.79 Å². The second-order valence-corrected chi connectivity index (χ2v) is 3.41. The number of carbonyl (C=O) groups is 1. The van der Waals surface area contributed by atoms with Crippen molar-refractivity contribution in [3.8, 4) is 0 Å². The highest BCUT2D eigenvalue weighted by Gasteiger charge is 2.22. The molecule has 0 aromatic heterocycles. The van der Waals surface area contributed by atoms with Crippen LogP contribution in [0.15, 0.2) is 30.3 Å². The second-order valence-electron chi connectivity index (χ2n) is 3.41. The fourth-order valence-electron chi connectivity index (χ4n) is 1.63. The number of anilines is 1. The maximum atomic E-state index is 11.6. The van der Waals surface area contributed by atoms with E-state index in [1.165, 1.54) is 0 Å². The first-order valence-corrected chi connectivity index (χ1v) is 4.94. The van der Waals surface area contributed by atoms with E-state index < -0.39 is 0 Å². The number of hydrogen-bond donors (Lipinski definition) is 1. The van der Waals surface area contributed by atoms with Gasteiger partial charge in [-0.05, 0) is 12.5 Å². The monoisotopic (exact) mass is 187 g/mol. The molecule has 0 unspecified atom stereocenters. The summed E-state index contributed by atoms with van der Waals surface area (Å²) in [6.45, 7) is 2.11. The number of amides is 1. The van der Waals surface area contributed by atoms with E-state index in [2.05, 4.69) is 12.2 Å². The lowest BCUT2D eigenvalue weighted by atomic mass is 10.1. The Morgan fingerprint density at radius 2 is 2.14 bits per heavy atom. The van der Waals surface area contributed by atoms with Gasteiger partial charge in [-0.25, -0.2) is 0 Å². The van der Waals surface area contributed by atoms with Gasteiger partial charge in [0.25, 0.3) is 5.91 Å². The highest BCUT2D eigenvalue weighted by molar-refractivity contribution is 6.31. The van der Waals surface area contributed by atoms with Crippen LogP contribution >= 0.6 is 0 Å². The normalized spacial score (nSPS) is 16.9. The zero-order chi connectivity index (χ0) is 9.97. The number of para-hydroxylation sites is 1. The molecule has 2 rings (SSSR count). The highest BCUT2D eigenvalue weighted by atomic mass is 16.1. The maximum absolute atomic E-state index is 11.6. The third-order valence-corrected chi connectivity index (χ3v) is 2.35. The lowest BCUT2D eigenvalue weighted by molar-refractivity contribution is -0.110. The molecule has 1 heterocycles. The van der Waals surface area contributed by atoms with E-state index in [9.17, 15) is 4.79 Å². The molecule has 2 nitrogen and oxygen atoms in total. The van der Waals surface area contributed by atoms with Crippen molar-refractivity contribution < 1.29 is 4.79 Å². The number of fused-ring (bicyclic) bond motifs is 1. The third kappa shape index (κ3) is 1.43. The van der Waals surface area contributed by atoms with Gasteiger partial charge in [-0.15, -0.1) is 0 Å². The van der Waals surface area contributed by atoms with Crippen LogP contribution in [0.2, 0.25) is 0 Å². The smallest absolute Gasteiger partial charge is 0.256 e. The van der Waals surface area contributed by atoms with Crippen LogP contribution in [0.25, 0.3) is 5.57 Å². The van der Waals surface area contributed by atoms with Gasteiger partial charge in [0.15, 0.2) is 0 Å². The van der Waals surface area contributed by atoms with Crippen molar-refractivity contribution in [2.45, 2.75) is 19.8 Å². The predicted octanol–water partition coefficient (Wildman–Crippen LogP) is 2.82. The average molecular weight is 187 g/mol. The molecule has 1 aliphatic heterocycles. The summed E-state index contributed by atoms with van der Waals surface area (Å²) in [6, 6.07) is 7.80. The van der Waals surface area contributed by atoms with Gasteiger partial charge in [-0.3, -0.25) is 4.79 Å². The van der Waals surface area contributed by atoms with Crippen LogP contribution in [0.3, 0.4) is 0 Å². The Hall–Kier alpha value is -1.57. The molecule has 72 valence electrons. The molecule has 1 N–H and O–H groups in total. The predicted molar refractivity (Wildman–Crippen MR) is 58.0 cm³/mol. The quantitative estimate of drug-likeness (QED) is 0.709. The number of allylic oxidation sites excluding steroid dienone is 1. The summed E-state index contributed by atoms with van der Waals surface area (Å²) >= 11 is 0. The van der Waals surface area contributed by atoms with Crippen LogP contribution in [0.1, 0.15) is 25.3 Å². The first-order valence-electron chi connectivity index (χ1n) is 4.94. The molecule has 1 aromatic carbocycles. The Bertz CT molecular complexity index is 393. The summed E-state index contributed by atoms with van der Waals surface area (Å²) in [5.74, 6) is 0.0275. The molecule has 0 bridgehead atoms. The highest BCUT2D eigenvalue weighted by Crippen LogP contribution is 2.31. The molecule has 0 saturated carbocycles. The molecule has 0 fully saturated rings. The van der Waals surface area contributed by atoms with Crippen molar-refractivity contribution in [2.75, 3.05) is 5.32 Å². The summed E-state index contributed by atoms with van der Waals surface area (Å²) in [5.41, 5.74) is 2.79. The van der Waals surface area contributed by atoms with E-state index in [0.29, 0.717) is 0 Å². The summed E-state index contributed by atoms with van der Waals surface area (Å²) in [4.78, 5) is 11.6. The molecule has 1 aromatic rings.